The molecule has 2 N–H and O–H groups in total. The van der Waals surface area contributed by atoms with Gasteiger partial charge in [-0.25, -0.2) is 4.79 Å². The maximum absolute atomic E-state index is 12.0. The fourth-order valence-corrected chi connectivity index (χ4v) is 2.55. The summed E-state index contributed by atoms with van der Waals surface area (Å²) < 4.78 is 9.69. The first-order valence-corrected chi connectivity index (χ1v) is 8.99. The molecule has 10 nitrogen and oxygen atoms in total. The van der Waals surface area contributed by atoms with Gasteiger partial charge in [0.15, 0.2) is 12.4 Å². The maximum Gasteiger partial charge on any atom is 0.338 e. The van der Waals surface area contributed by atoms with Gasteiger partial charge in [-0.15, -0.1) is 0 Å². The molecule has 158 valence electrons. The number of carbonyl (C=O) groups is 3. The van der Waals surface area contributed by atoms with Crippen molar-refractivity contribution >= 4 is 29.2 Å². The van der Waals surface area contributed by atoms with Gasteiger partial charge in [0.1, 0.15) is 0 Å². The van der Waals surface area contributed by atoms with Gasteiger partial charge in [0, 0.05) is 11.8 Å². The molecule has 0 aromatic heterocycles. The van der Waals surface area contributed by atoms with E-state index in [1.54, 1.807) is 12.1 Å². The van der Waals surface area contributed by atoms with E-state index in [9.17, 15) is 24.5 Å². The number of ether oxygens (including phenoxy) is 2. The van der Waals surface area contributed by atoms with Crippen molar-refractivity contribution in [3.8, 4) is 5.75 Å². The lowest BCUT2D eigenvalue weighted by Gasteiger charge is -2.10. The number of para-hydroxylation sites is 1. The molecule has 0 fully saturated rings. The molecule has 0 unspecified atom stereocenters. The molecule has 0 saturated heterocycles. The number of nitro benzene ring substituents is 1. The number of benzene rings is 2. The summed E-state index contributed by atoms with van der Waals surface area (Å²) in [5.74, 6) is -2.05. The van der Waals surface area contributed by atoms with Gasteiger partial charge >= 0.3 is 11.7 Å². The molecule has 2 aromatic carbocycles. The van der Waals surface area contributed by atoms with Crippen LogP contribution in [-0.4, -0.2) is 43.0 Å². The lowest BCUT2D eigenvalue weighted by molar-refractivity contribution is -0.385. The SMILES string of the molecule is CCc1ccccc1NC(=O)CNC(=O)COC(=O)c1ccc(OC)c([N+](=O)[O-])c1. The highest BCUT2D eigenvalue weighted by atomic mass is 16.6. The fraction of sp³-hybridized carbons (Fsp3) is 0.250. The van der Waals surface area contributed by atoms with Crippen LogP contribution in [0.2, 0.25) is 0 Å². The molecule has 0 spiro atoms. The third kappa shape index (κ3) is 6.03. The summed E-state index contributed by atoms with van der Waals surface area (Å²) in [6, 6.07) is 10.8. The number of hydrogen-bond acceptors (Lipinski definition) is 7. The molecule has 30 heavy (non-hydrogen) atoms. The van der Waals surface area contributed by atoms with E-state index in [0.29, 0.717) is 5.69 Å². The number of esters is 1. The zero-order valence-electron chi connectivity index (χ0n) is 16.5. The largest absolute Gasteiger partial charge is 0.490 e. The summed E-state index contributed by atoms with van der Waals surface area (Å²) >= 11 is 0. The van der Waals surface area contributed by atoms with Gasteiger partial charge in [0.05, 0.1) is 24.1 Å². The summed E-state index contributed by atoms with van der Waals surface area (Å²) in [7, 11) is 1.27. The van der Waals surface area contributed by atoms with E-state index in [4.69, 9.17) is 9.47 Å². The average Bonchev–Trinajstić information content (AvgIpc) is 2.75. The van der Waals surface area contributed by atoms with Crippen LogP contribution in [0.15, 0.2) is 42.5 Å². The van der Waals surface area contributed by atoms with Crippen LogP contribution in [0.25, 0.3) is 0 Å². The highest BCUT2D eigenvalue weighted by Gasteiger charge is 2.19. The zero-order valence-corrected chi connectivity index (χ0v) is 16.5. The van der Waals surface area contributed by atoms with Crippen LogP contribution in [0.4, 0.5) is 11.4 Å². The Morgan fingerprint density at radius 1 is 1.10 bits per heavy atom. The fourth-order valence-electron chi connectivity index (χ4n) is 2.55. The summed E-state index contributed by atoms with van der Waals surface area (Å²) in [6.07, 6.45) is 0.738. The molecule has 0 saturated carbocycles. The molecular weight excluding hydrogens is 394 g/mol. The standard InChI is InChI=1S/C20H21N3O7/c1-3-13-6-4-5-7-15(13)22-18(24)11-21-19(25)12-30-20(26)14-8-9-17(29-2)16(10-14)23(27)28/h4-10H,3,11-12H2,1-2H3,(H,21,25)(H,22,24). The number of aryl methyl sites for hydroxylation is 1. The first kappa shape index (κ1) is 22.3. The highest BCUT2D eigenvalue weighted by molar-refractivity contribution is 5.96. The minimum absolute atomic E-state index is 0.00930. The summed E-state index contributed by atoms with van der Waals surface area (Å²) in [5, 5.41) is 16.0. The Morgan fingerprint density at radius 3 is 2.50 bits per heavy atom. The smallest absolute Gasteiger partial charge is 0.338 e. The lowest BCUT2D eigenvalue weighted by atomic mass is 10.1. The predicted octanol–water partition coefficient (Wildman–Crippen LogP) is 2.08. The van der Waals surface area contributed by atoms with Crippen LogP contribution >= 0.6 is 0 Å². The molecule has 0 heterocycles. The molecule has 10 heteroatoms. The van der Waals surface area contributed by atoms with Crippen LogP contribution in [-0.2, 0) is 20.7 Å². The summed E-state index contributed by atoms with van der Waals surface area (Å²) in [5.41, 5.74) is 1.11. The minimum Gasteiger partial charge on any atom is -0.490 e. The van der Waals surface area contributed by atoms with Crippen molar-refractivity contribution in [1.29, 1.82) is 0 Å². The van der Waals surface area contributed by atoms with Crippen molar-refractivity contribution < 1.29 is 28.8 Å². The zero-order chi connectivity index (χ0) is 22.1. The van der Waals surface area contributed by atoms with Gasteiger partial charge in [-0.05, 0) is 30.2 Å². The van der Waals surface area contributed by atoms with E-state index >= 15 is 0 Å². The Balaban J connectivity index is 1.84. The molecule has 0 aliphatic rings. The van der Waals surface area contributed by atoms with E-state index in [2.05, 4.69) is 10.6 Å². The Hall–Kier alpha value is -3.95. The molecular formula is C20H21N3O7. The van der Waals surface area contributed by atoms with Gasteiger partial charge < -0.3 is 20.1 Å². The van der Waals surface area contributed by atoms with Gasteiger partial charge in [0.25, 0.3) is 5.91 Å². The molecule has 0 aliphatic heterocycles. The molecule has 2 amide bonds. The summed E-state index contributed by atoms with van der Waals surface area (Å²) in [6.45, 7) is 1.01. The summed E-state index contributed by atoms with van der Waals surface area (Å²) in [4.78, 5) is 46.2. The minimum atomic E-state index is -0.919. The number of nitro groups is 1. The van der Waals surface area contributed by atoms with Crippen molar-refractivity contribution in [3.05, 3.63) is 63.7 Å². The first-order valence-electron chi connectivity index (χ1n) is 8.99. The van der Waals surface area contributed by atoms with Crippen LogP contribution in [0, 0.1) is 10.1 Å². The van der Waals surface area contributed by atoms with Crippen LogP contribution in [0.5, 0.6) is 5.75 Å². The van der Waals surface area contributed by atoms with Gasteiger partial charge in [0.2, 0.25) is 5.91 Å². The first-order chi connectivity index (χ1) is 14.3. The van der Waals surface area contributed by atoms with Crippen molar-refractivity contribution in [3.63, 3.8) is 0 Å². The Labute approximate surface area is 172 Å². The van der Waals surface area contributed by atoms with Gasteiger partial charge in [-0.1, -0.05) is 25.1 Å². The Kier molecular flexibility index (Phi) is 7.86. The molecule has 2 aromatic rings. The second-order valence-corrected chi connectivity index (χ2v) is 6.06. The van der Waals surface area contributed by atoms with E-state index < -0.39 is 35.0 Å². The number of hydrogen-bond donors (Lipinski definition) is 2. The third-order valence-electron chi connectivity index (χ3n) is 4.06. The number of anilines is 1. The molecule has 0 aliphatic carbocycles. The number of rotatable bonds is 9. The van der Waals surface area contributed by atoms with E-state index in [-0.39, 0.29) is 17.9 Å². The molecule has 0 radical (unpaired) electrons. The molecule has 2 rings (SSSR count). The van der Waals surface area contributed by atoms with E-state index in [1.165, 1.54) is 19.2 Å². The monoisotopic (exact) mass is 415 g/mol. The van der Waals surface area contributed by atoms with Crippen molar-refractivity contribution in [2.24, 2.45) is 0 Å². The second-order valence-electron chi connectivity index (χ2n) is 6.06. The van der Waals surface area contributed by atoms with Crippen LogP contribution < -0.4 is 15.4 Å². The topological polar surface area (TPSA) is 137 Å². The van der Waals surface area contributed by atoms with Crippen molar-refractivity contribution in [2.45, 2.75) is 13.3 Å². The molecule has 0 atom stereocenters. The number of nitrogens with zero attached hydrogens (tertiary/aromatic N) is 1. The lowest BCUT2D eigenvalue weighted by Crippen LogP contribution is -2.35. The number of amides is 2. The Morgan fingerprint density at radius 2 is 1.83 bits per heavy atom. The van der Waals surface area contributed by atoms with Crippen molar-refractivity contribution in [1.82, 2.24) is 5.32 Å². The maximum atomic E-state index is 12.0. The van der Waals surface area contributed by atoms with Crippen LogP contribution in [0.1, 0.15) is 22.8 Å². The second kappa shape index (κ2) is 10.6. The third-order valence-corrected chi connectivity index (χ3v) is 4.06. The normalized spacial score (nSPS) is 10.1. The van der Waals surface area contributed by atoms with Crippen molar-refractivity contribution in [2.75, 3.05) is 25.6 Å². The van der Waals surface area contributed by atoms with Crippen LogP contribution in [0.3, 0.4) is 0 Å². The van der Waals surface area contributed by atoms with E-state index in [0.717, 1.165) is 18.1 Å². The number of nitrogens with one attached hydrogen (secondary N) is 2. The number of methoxy groups -OCH3 is 1. The van der Waals surface area contributed by atoms with Gasteiger partial charge in [-0.2, -0.15) is 0 Å². The molecule has 0 bridgehead atoms. The predicted molar refractivity (Wildman–Crippen MR) is 107 cm³/mol. The number of carbonyl (C=O) groups excluding carboxylic acids is 3. The highest BCUT2D eigenvalue weighted by Crippen LogP contribution is 2.27. The van der Waals surface area contributed by atoms with Gasteiger partial charge in [-0.3, -0.25) is 19.7 Å². The van der Waals surface area contributed by atoms with E-state index in [1.807, 2.05) is 19.1 Å². The average molecular weight is 415 g/mol. The quantitative estimate of drug-likeness (QED) is 0.363. The Bertz CT molecular complexity index is 959.